The maximum atomic E-state index is 5.22. The van der Waals surface area contributed by atoms with Crippen LogP contribution in [0.3, 0.4) is 0 Å². The number of ether oxygens (including phenoxy) is 1. The van der Waals surface area contributed by atoms with Crippen LogP contribution in [0.2, 0.25) is 0 Å². The van der Waals surface area contributed by atoms with E-state index >= 15 is 0 Å². The Morgan fingerprint density at radius 3 is 2.86 bits per heavy atom. The zero-order valence-electron chi connectivity index (χ0n) is 13.3. The van der Waals surface area contributed by atoms with Crippen molar-refractivity contribution in [2.45, 2.75) is 20.3 Å². The third kappa shape index (κ3) is 5.20. The molecule has 2 aromatic rings. The fourth-order valence-electron chi connectivity index (χ4n) is 1.92. The largest absolute Gasteiger partial charge is 0.497 e. The Morgan fingerprint density at radius 2 is 2.09 bits per heavy atom. The third-order valence-corrected chi connectivity index (χ3v) is 3.08. The predicted octanol–water partition coefficient (Wildman–Crippen LogP) is 2.60. The van der Waals surface area contributed by atoms with E-state index in [2.05, 4.69) is 45.7 Å². The minimum Gasteiger partial charge on any atom is -0.497 e. The molecule has 0 bridgehead atoms. The lowest BCUT2D eigenvalue weighted by Crippen LogP contribution is -2.13. The summed E-state index contributed by atoms with van der Waals surface area (Å²) in [5.74, 6) is 2.69. The molecule has 0 spiro atoms. The van der Waals surface area contributed by atoms with Gasteiger partial charge < -0.3 is 15.4 Å². The molecule has 6 heteroatoms. The molecular formula is C16H23N5O. The molecule has 118 valence electrons. The van der Waals surface area contributed by atoms with Gasteiger partial charge in [-0.25, -0.2) is 0 Å². The second kappa shape index (κ2) is 8.17. The quantitative estimate of drug-likeness (QED) is 0.781. The predicted molar refractivity (Wildman–Crippen MR) is 88.3 cm³/mol. The minimum atomic E-state index is 0.535. The van der Waals surface area contributed by atoms with Crippen LogP contribution in [0.4, 0.5) is 11.8 Å². The first kappa shape index (κ1) is 16.0. The van der Waals surface area contributed by atoms with E-state index < -0.39 is 0 Å². The van der Waals surface area contributed by atoms with Gasteiger partial charge in [0.25, 0.3) is 0 Å². The van der Waals surface area contributed by atoms with Gasteiger partial charge in [-0.1, -0.05) is 26.0 Å². The minimum absolute atomic E-state index is 0.535. The SMILES string of the molecule is COc1cccc(CCNc2cnnc(NCC(C)C)n2)c1. The molecule has 0 saturated heterocycles. The molecule has 0 atom stereocenters. The summed E-state index contributed by atoms with van der Waals surface area (Å²) in [5, 5.41) is 14.4. The number of methoxy groups -OCH3 is 1. The molecule has 0 fully saturated rings. The maximum absolute atomic E-state index is 5.22. The van der Waals surface area contributed by atoms with Gasteiger partial charge in [0.1, 0.15) is 5.75 Å². The molecule has 1 aromatic carbocycles. The molecule has 0 unspecified atom stereocenters. The van der Waals surface area contributed by atoms with Crippen molar-refractivity contribution in [3.63, 3.8) is 0 Å². The van der Waals surface area contributed by atoms with Gasteiger partial charge in [-0.15, -0.1) is 5.10 Å². The fraction of sp³-hybridized carbons (Fsp3) is 0.438. The topological polar surface area (TPSA) is 72.0 Å². The van der Waals surface area contributed by atoms with Crippen molar-refractivity contribution in [2.24, 2.45) is 5.92 Å². The van der Waals surface area contributed by atoms with Crippen LogP contribution >= 0.6 is 0 Å². The Hall–Kier alpha value is -2.37. The Morgan fingerprint density at radius 1 is 1.23 bits per heavy atom. The number of nitrogens with one attached hydrogen (secondary N) is 2. The molecule has 0 aliphatic rings. The van der Waals surface area contributed by atoms with Gasteiger partial charge in [0.15, 0.2) is 5.82 Å². The van der Waals surface area contributed by atoms with Crippen molar-refractivity contribution in [2.75, 3.05) is 30.8 Å². The average Bonchev–Trinajstić information content (AvgIpc) is 2.53. The lowest BCUT2D eigenvalue weighted by molar-refractivity contribution is 0.414. The molecule has 1 aromatic heterocycles. The highest BCUT2D eigenvalue weighted by Crippen LogP contribution is 2.13. The first-order chi connectivity index (χ1) is 10.7. The number of rotatable bonds is 8. The summed E-state index contributed by atoms with van der Waals surface area (Å²) >= 11 is 0. The number of aromatic nitrogens is 3. The van der Waals surface area contributed by atoms with Crippen LogP contribution in [0, 0.1) is 5.92 Å². The van der Waals surface area contributed by atoms with Crippen molar-refractivity contribution in [1.82, 2.24) is 15.2 Å². The van der Waals surface area contributed by atoms with Crippen molar-refractivity contribution in [3.8, 4) is 5.75 Å². The average molecular weight is 301 g/mol. The molecular weight excluding hydrogens is 278 g/mol. The number of benzene rings is 1. The van der Waals surface area contributed by atoms with E-state index in [1.165, 1.54) is 5.56 Å². The Bertz CT molecular complexity index is 588. The lowest BCUT2D eigenvalue weighted by atomic mass is 10.1. The summed E-state index contributed by atoms with van der Waals surface area (Å²) in [7, 11) is 1.68. The monoisotopic (exact) mass is 301 g/mol. The van der Waals surface area contributed by atoms with E-state index in [0.29, 0.717) is 11.9 Å². The number of anilines is 2. The van der Waals surface area contributed by atoms with Crippen molar-refractivity contribution in [1.29, 1.82) is 0 Å². The Balaban J connectivity index is 1.84. The molecule has 6 nitrogen and oxygen atoms in total. The normalized spacial score (nSPS) is 10.5. The summed E-state index contributed by atoms with van der Waals surface area (Å²) < 4.78 is 5.22. The zero-order chi connectivity index (χ0) is 15.8. The zero-order valence-corrected chi connectivity index (χ0v) is 13.3. The van der Waals surface area contributed by atoms with Gasteiger partial charge in [0.2, 0.25) is 5.95 Å². The molecule has 0 aliphatic heterocycles. The highest BCUT2D eigenvalue weighted by atomic mass is 16.5. The fourth-order valence-corrected chi connectivity index (χ4v) is 1.92. The molecule has 0 amide bonds. The first-order valence-electron chi connectivity index (χ1n) is 7.48. The third-order valence-electron chi connectivity index (χ3n) is 3.08. The second-order valence-corrected chi connectivity index (χ2v) is 5.47. The summed E-state index contributed by atoms with van der Waals surface area (Å²) in [6.45, 7) is 5.87. The van der Waals surface area contributed by atoms with Gasteiger partial charge in [-0.2, -0.15) is 10.1 Å². The smallest absolute Gasteiger partial charge is 0.244 e. The molecule has 1 heterocycles. The van der Waals surface area contributed by atoms with Crippen LogP contribution in [-0.4, -0.2) is 35.4 Å². The van der Waals surface area contributed by atoms with Gasteiger partial charge >= 0.3 is 0 Å². The number of hydrogen-bond acceptors (Lipinski definition) is 6. The van der Waals surface area contributed by atoms with Gasteiger partial charge in [-0.3, -0.25) is 0 Å². The van der Waals surface area contributed by atoms with E-state index in [-0.39, 0.29) is 0 Å². The molecule has 0 saturated carbocycles. The lowest BCUT2D eigenvalue weighted by Gasteiger charge is -2.09. The Kier molecular flexibility index (Phi) is 5.94. The van der Waals surface area contributed by atoms with E-state index in [4.69, 9.17) is 4.74 Å². The van der Waals surface area contributed by atoms with Crippen molar-refractivity contribution < 1.29 is 4.74 Å². The van der Waals surface area contributed by atoms with Crippen molar-refractivity contribution in [3.05, 3.63) is 36.0 Å². The number of nitrogens with zero attached hydrogens (tertiary/aromatic N) is 3. The highest BCUT2D eigenvalue weighted by Gasteiger charge is 2.02. The first-order valence-corrected chi connectivity index (χ1v) is 7.48. The summed E-state index contributed by atoms with van der Waals surface area (Å²) in [6, 6.07) is 8.06. The van der Waals surface area contributed by atoms with Crippen LogP contribution in [-0.2, 0) is 6.42 Å². The van der Waals surface area contributed by atoms with E-state index in [9.17, 15) is 0 Å². The van der Waals surface area contributed by atoms with Gasteiger partial charge in [0, 0.05) is 13.1 Å². The second-order valence-electron chi connectivity index (χ2n) is 5.47. The van der Waals surface area contributed by atoms with Gasteiger partial charge in [-0.05, 0) is 30.0 Å². The van der Waals surface area contributed by atoms with Crippen LogP contribution < -0.4 is 15.4 Å². The van der Waals surface area contributed by atoms with E-state index in [1.54, 1.807) is 13.3 Å². The van der Waals surface area contributed by atoms with Crippen LogP contribution in [0.5, 0.6) is 5.75 Å². The van der Waals surface area contributed by atoms with E-state index in [1.807, 2.05) is 18.2 Å². The van der Waals surface area contributed by atoms with Gasteiger partial charge in [0.05, 0.1) is 13.3 Å². The van der Waals surface area contributed by atoms with Crippen LogP contribution in [0.15, 0.2) is 30.5 Å². The molecule has 2 rings (SSSR count). The highest BCUT2D eigenvalue weighted by molar-refractivity contribution is 5.37. The molecule has 0 aliphatic carbocycles. The summed E-state index contributed by atoms with van der Waals surface area (Å²) in [5.41, 5.74) is 1.21. The molecule has 22 heavy (non-hydrogen) atoms. The summed E-state index contributed by atoms with van der Waals surface area (Å²) in [6.07, 6.45) is 2.52. The maximum Gasteiger partial charge on any atom is 0.244 e. The van der Waals surface area contributed by atoms with Crippen LogP contribution in [0.1, 0.15) is 19.4 Å². The number of hydrogen-bond donors (Lipinski definition) is 2. The summed E-state index contributed by atoms with van der Waals surface area (Å²) in [4.78, 5) is 4.39. The molecule has 2 N–H and O–H groups in total. The van der Waals surface area contributed by atoms with E-state index in [0.717, 1.165) is 31.1 Å². The standard InChI is InChI=1S/C16H23N5O/c1-12(2)10-18-16-20-15(11-19-21-16)17-8-7-13-5-4-6-14(9-13)22-3/h4-6,9,11-12H,7-8,10H2,1-3H3,(H2,17,18,20,21). The Labute approximate surface area is 131 Å². The van der Waals surface area contributed by atoms with Crippen LogP contribution in [0.25, 0.3) is 0 Å². The van der Waals surface area contributed by atoms with Crippen molar-refractivity contribution >= 4 is 11.8 Å². The molecule has 0 radical (unpaired) electrons.